The van der Waals surface area contributed by atoms with Crippen LogP contribution in [-0.2, 0) is 82.3 Å². The molecule has 47 heavy (non-hydrogen) atoms. The van der Waals surface area contributed by atoms with Crippen molar-refractivity contribution in [1.82, 2.24) is 29.4 Å². The van der Waals surface area contributed by atoms with E-state index in [0.717, 1.165) is 9.36 Å². The molecule has 2 aromatic rings. The molecular weight excluding hydrogens is 766 g/mol. The SMILES string of the molecule is Cn1nc(S(N)(=O)=O)sc1=NC(=O)CN(CCOCCOCCN(CC(=O)O)CC(=O)N=c1sc(S(N)(=O)=O)nn1C)CC(=O)O.[Zn]. The number of hydrogen-bond donors (Lipinski definition) is 4. The zero-order valence-electron chi connectivity index (χ0n) is 25.1. The van der Waals surface area contributed by atoms with Crippen molar-refractivity contribution in [2.45, 2.75) is 8.68 Å². The van der Waals surface area contributed by atoms with Gasteiger partial charge in [0.15, 0.2) is 0 Å². The number of nitrogens with zero attached hydrogens (tertiary/aromatic N) is 8. The summed E-state index contributed by atoms with van der Waals surface area (Å²) in [6.07, 6.45) is 0. The molecule has 0 fully saturated rings. The summed E-state index contributed by atoms with van der Waals surface area (Å²) in [5.74, 6) is -3.92. The van der Waals surface area contributed by atoms with E-state index in [1.54, 1.807) is 0 Å². The molecule has 0 aliphatic carbocycles. The number of sulfonamides is 2. The molecule has 0 spiro atoms. The maximum absolute atomic E-state index is 12.4. The second-order valence-electron chi connectivity index (χ2n) is 9.08. The molecule has 2 aromatic heterocycles. The van der Waals surface area contributed by atoms with Crippen molar-refractivity contribution in [2.24, 2.45) is 34.4 Å². The summed E-state index contributed by atoms with van der Waals surface area (Å²) in [6, 6.07) is 0. The van der Waals surface area contributed by atoms with Crippen LogP contribution in [0, 0.1) is 0 Å². The molecule has 0 saturated carbocycles. The number of carboxylic acid groups (broad SMARTS) is 2. The van der Waals surface area contributed by atoms with Crippen LogP contribution in [0.15, 0.2) is 18.7 Å². The fraction of sp³-hybridized carbons (Fsp3) is 0.600. The van der Waals surface area contributed by atoms with Gasteiger partial charge in [0.25, 0.3) is 31.9 Å². The van der Waals surface area contributed by atoms with Crippen molar-refractivity contribution in [3.63, 3.8) is 0 Å². The van der Waals surface area contributed by atoms with E-state index in [2.05, 4.69) is 20.2 Å². The monoisotopic (exact) mass is 796 g/mol. The van der Waals surface area contributed by atoms with Crippen LogP contribution in [0.2, 0.25) is 0 Å². The van der Waals surface area contributed by atoms with Crippen LogP contribution in [0.1, 0.15) is 0 Å². The van der Waals surface area contributed by atoms with Gasteiger partial charge in [-0.1, -0.05) is 22.7 Å². The van der Waals surface area contributed by atoms with Gasteiger partial charge in [-0.2, -0.15) is 9.98 Å². The number of carbonyl (C=O) groups is 4. The van der Waals surface area contributed by atoms with Crippen LogP contribution in [-0.4, -0.2) is 146 Å². The minimum atomic E-state index is -4.10. The molecule has 27 heteroatoms. The third-order valence-electron chi connectivity index (χ3n) is 5.21. The molecule has 6 N–H and O–H groups in total. The van der Waals surface area contributed by atoms with Gasteiger partial charge >= 0.3 is 11.9 Å². The van der Waals surface area contributed by atoms with Gasteiger partial charge < -0.3 is 19.7 Å². The first kappa shape index (κ1) is 42.3. The molecule has 2 rings (SSSR count). The van der Waals surface area contributed by atoms with E-state index in [4.69, 9.17) is 30.0 Å². The van der Waals surface area contributed by atoms with Gasteiger partial charge in [0.2, 0.25) is 18.3 Å². The molecule has 0 radical (unpaired) electrons. The molecule has 0 bridgehead atoms. The van der Waals surface area contributed by atoms with Crippen LogP contribution >= 0.6 is 22.7 Å². The Balaban J connectivity index is 0.0000110. The molecule has 22 nitrogen and oxygen atoms in total. The van der Waals surface area contributed by atoms with E-state index in [-0.39, 0.29) is 68.6 Å². The van der Waals surface area contributed by atoms with Gasteiger partial charge in [-0.15, -0.1) is 10.2 Å². The fourth-order valence-electron chi connectivity index (χ4n) is 3.27. The van der Waals surface area contributed by atoms with Crippen LogP contribution in [0.3, 0.4) is 0 Å². The molecule has 0 atom stereocenters. The molecule has 0 aliphatic heterocycles. The van der Waals surface area contributed by atoms with E-state index < -0.39 is 78.7 Å². The standard InChI is InChI=1S/C20H32N10O12S4.Zn/c1-27-17(43-19(25-27)45(21,37)38)23-13(31)9-29(11-15(33)34)3-5-41-7-8-42-6-4-30(12-16(35)36)10-14(32)24-18-28(2)26-20(44-18)46(22,39)40;/h3-12H2,1-2H3,(H,33,34)(H,35,36)(H2,21,37,38)(H2,22,39,40);. The van der Waals surface area contributed by atoms with E-state index >= 15 is 0 Å². The first-order valence-electron chi connectivity index (χ1n) is 12.7. The molecule has 2 amide bonds. The second kappa shape index (κ2) is 19.3. The number of amides is 2. The van der Waals surface area contributed by atoms with Gasteiger partial charge in [0.05, 0.1) is 52.6 Å². The van der Waals surface area contributed by atoms with Gasteiger partial charge in [0, 0.05) is 46.7 Å². The molecule has 0 aliphatic rings. The predicted molar refractivity (Wildman–Crippen MR) is 156 cm³/mol. The Kier molecular flexibility index (Phi) is 17.4. The smallest absolute Gasteiger partial charge is 0.317 e. The summed E-state index contributed by atoms with van der Waals surface area (Å²) in [5.41, 5.74) is 0. The first-order chi connectivity index (χ1) is 21.3. The Hall–Kier alpha value is -2.72. The Morgan fingerprint density at radius 3 is 1.34 bits per heavy atom. The van der Waals surface area contributed by atoms with Gasteiger partial charge in [-0.05, 0) is 0 Å². The maximum atomic E-state index is 12.4. The number of carbonyl (C=O) groups excluding carboxylic acids is 2. The number of ether oxygens (including phenoxy) is 2. The third kappa shape index (κ3) is 15.8. The van der Waals surface area contributed by atoms with Crippen molar-refractivity contribution >= 4 is 66.5 Å². The zero-order valence-corrected chi connectivity index (χ0v) is 31.4. The second-order valence-corrected chi connectivity index (χ2v) is 14.5. The average Bonchev–Trinajstić information content (AvgIpc) is 3.46. The molecule has 0 saturated heterocycles. The van der Waals surface area contributed by atoms with Crippen LogP contribution in [0.5, 0.6) is 0 Å². The fourth-order valence-corrected chi connectivity index (χ4v) is 6.40. The van der Waals surface area contributed by atoms with Crippen molar-refractivity contribution in [3.05, 3.63) is 9.60 Å². The normalized spacial score (nSPS) is 12.9. The zero-order chi connectivity index (χ0) is 34.7. The van der Waals surface area contributed by atoms with Gasteiger partial charge in [-0.3, -0.25) is 29.0 Å². The van der Waals surface area contributed by atoms with Crippen LogP contribution < -0.4 is 19.9 Å². The number of aromatic nitrogens is 4. The number of carboxylic acids is 2. The number of primary sulfonamides is 2. The minimum absolute atomic E-state index is 0. The summed E-state index contributed by atoms with van der Waals surface area (Å²) in [4.78, 5) is 57.2. The molecule has 260 valence electrons. The summed E-state index contributed by atoms with van der Waals surface area (Å²) in [6.45, 7) is -1.62. The summed E-state index contributed by atoms with van der Waals surface area (Å²) < 4.78 is 57.8. The summed E-state index contributed by atoms with van der Waals surface area (Å²) in [7, 11) is -5.47. The number of aliphatic carboxylic acids is 2. The van der Waals surface area contributed by atoms with Crippen molar-refractivity contribution in [3.8, 4) is 0 Å². The number of rotatable bonds is 19. The molecular formula is C20H32N10O12S4Zn. The number of aryl methyl sites for hydroxylation is 2. The minimum Gasteiger partial charge on any atom is -0.480 e. The number of hydrogen-bond acceptors (Lipinski definition) is 16. The molecule has 0 unspecified atom stereocenters. The quantitative estimate of drug-likeness (QED) is 0.0763. The van der Waals surface area contributed by atoms with E-state index in [0.29, 0.717) is 22.7 Å². The topological polar surface area (TPSA) is 314 Å². The molecule has 0 aromatic carbocycles. The van der Waals surface area contributed by atoms with E-state index in [9.17, 15) is 36.0 Å². The maximum Gasteiger partial charge on any atom is 0.317 e. The summed E-state index contributed by atoms with van der Waals surface area (Å²) >= 11 is 1.15. The van der Waals surface area contributed by atoms with Gasteiger partial charge in [0.1, 0.15) is 0 Å². The largest absolute Gasteiger partial charge is 0.480 e. The average molecular weight is 798 g/mol. The van der Waals surface area contributed by atoms with Crippen molar-refractivity contribution in [1.29, 1.82) is 0 Å². The Morgan fingerprint density at radius 2 is 1.06 bits per heavy atom. The Labute approximate surface area is 288 Å². The predicted octanol–water partition coefficient (Wildman–Crippen LogP) is -5.07. The Morgan fingerprint density at radius 1 is 0.723 bits per heavy atom. The van der Waals surface area contributed by atoms with Gasteiger partial charge in [-0.25, -0.2) is 36.5 Å². The third-order valence-corrected chi connectivity index (χ3v) is 9.83. The first-order valence-corrected chi connectivity index (χ1v) is 17.4. The molecule has 2 heterocycles. The number of nitrogens with two attached hydrogens (primary N) is 2. The van der Waals surface area contributed by atoms with Crippen LogP contribution in [0.25, 0.3) is 0 Å². The van der Waals surface area contributed by atoms with E-state index in [1.165, 1.54) is 23.9 Å². The Bertz CT molecular complexity index is 1640. The summed E-state index contributed by atoms with van der Waals surface area (Å²) in [5, 5.41) is 35.7. The van der Waals surface area contributed by atoms with Crippen molar-refractivity contribution < 1.29 is 75.2 Å². The van der Waals surface area contributed by atoms with Crippen molar-refractivity contribution in [2.75, 3.05) is 65.7 Å². The van der Waals surface area contributed by atoms with E-state index in [1.807, 2.05) is 0 Å². The van der Waals surface area contributed by atoms with Crippen LogP contribution in [0.4, 0.5) is 0 Å².